The highest BCUT2D eigenvalue weighted by Crippen LogP contribution is 2.23. The molecule has 0 aliphatic heterocycles. The predicted octanol–water partition coefficient (Wildman–Crippen LogP) is 2.51. The highest BCUT2D eigenvalue weighted by atomic mass is 16.4. The fourth-order valence-corrected chi connectivity index (χ4v) is 3.76. The van der Waals surface area contributed by atoms with Crippen molar-refractivity contribution in [2.75, 3.05) is 10.6 Å². The lowest BCUT2D eigenvalue weighted by atomic mass is 9.99. The second-order valence-electron chi connectivity index (χ2n) is 8.15. The minimum atomic E-state index is -1.47. The minimum absolute atomic E-state index is 0.0759. The maximum Gasteiger partial charge on any atom is 0.255 e. The summed E-state index contributed by atoms with van der Waals surface area (Å²) in [6.45, 7) is 0. The molecule has 8 heteroatoms. The van der Waals surface area contributed by atoms with E-state index in [2.05, 4.69) is 10.6 Å². The number of hydrogen-bond acceptors (Lipinski definition) is 6. The summed E-state index contributed by atoms with van der Waals surface area (Å²) in [7, 11) is 0. The minimum Gasteiger partial charge on any atom is -0.545 e. The van der Waals surface area contributed by atoms with Crippen molar-refractivity contribution in [3.8, 4) is 0 Å². The SMILES string of the molecule is O=C(Nc1ccc(Cc2ccc(NC(=O)c3ccccc3)c(C(=O)[O-])c2)cc1C(=O)[O-])c1ccccc1. The number of hydrogen-bond donors (Lipinski definition) is 2. The highest BCUT2D eigenvalue weighted by Gasteiger charge is 2.13. The van der Waals surface area contributed by atoms with E-state index in [4.69, 9.17) is 0 Å². The second-order valence-corrected chi connectivity index (χ2v) is 8.15. The molecule has 0 spiro atoms. The zero-order valence-corrected chi connectivity index (χ0v) is 19.4. The molecule has 4 aromatic rings. The summed E-state index contributed by atoms with van der Waals surface area (Å²) < 4.78 is 0. The van der Waals surface area contributed by atoms with Crippen molar-refractivity contribution in [2.45, 2.75) is 6.42 Å². The molecule has 0 heterocycles. The highest BCUT2D eigenvalue weighted by molar-refractivity contribution is 6.08. The molecule has 0 aliphatic rings. The lowest BCUT2D eigenvalue weighted by Gasteiger charge is -2.16. The molecule has 37 heavy (non-hydrogen) atoms. The Balaban J connectivity index is 1.55. The first-order valence-electron chi connectivity index (χ1n) is 11.2. The summed E-state index contributed by atoms with van der Waals surface area (Å²) in [5.74, 6) is -3.88. The molecule has 2 N–H and O–H groups in total. The van der Waals surface area contributed by atoms with Gasteiger partial charge in [-0.1, -0.05) is 48.5 Å². The van der Waals surface area contributed by atoms with Crippen LogP contribution in [0.15, 0.2) is 97.1 Å². The quantitative estimate of drug-likeness (QED) is 0.388. The monoisotopic (exact) mass is 492 g/mol. The smallest absolute Gasteiger partial charge is 0.255 e. The van der Waals surface area contributed by atoms with Crippen LogP contribution in [-0.2, 0) is 6.42 Å². The Hall–Kier alpha value is -5.24. The van der Waals surface area contributed by atoms with Crippen molar-refractivity contribution in [3.63, 3.8) is 0 Å². The van der Waals surface area contributed by atoms with Gasteiger partial charge < -0.3 is 30.4 Å². The number of carbonyl (C=O) groups excluding carboxylic acids is 4. The molecular weight excluding hydrogens is 472 g/mol. The van der Waals surface area contributed by atoms with Gasteiger partial charge in [0.2, 0.25) is 0 Å². The van der Waals surface area contributed by atoms with Crippen molar-refractivity contribution in [3.05, 3.63) is 130 Å². The molecule has 4 rings (SSSR count). The molecule has 0 radical (unpaired) electrons. The number of carbonyl (C=O) groups is 4. The molecule has 4 aromatic carbocycles. The molecule has 8 nitrogen and oxygen atoms in total. The largest absolute Gasteiger partial charge is 0.545 e. The van der Waals surface area contributed by atoms with Gasteiger partial charge in [0.15, 0.2) is 0 Å². The molecule has 0 aliphatic carbocycles. The van der Waals surface area contributed by atoms with Crippen molar-refractivity contribution < 1.29 is 29.4 Å². The van der Waals surface area contributed by atoms with Gasteiger partial charge in [-0.3, -0.25) is 9.59 Å². The Kier molecular flexibility index (Phi) is 7.40. The van der Waals surface area contributed by atoms with Gasteiger partial charge in [-0.15, -0.1) is 0 Å². The van der Waals surface area contributed by atoms with E-state index in [0.717, 1.165) is 0 Å². The number of rotatable bonds is 8. The summed E-state index contributed by atoms with van der Waals surface area (Å²) in [6.07, 6.45) is 0.181. The van der Waals surface area contributed by atoms with Crippen LogP contribution in [0.3, 0.4) is 0 Å². The van der Waals surface area contributed by atoms with Crippen LogP contribution in [-0.4, -0.2) is 23.8 Å². The van der Waals surface area contributed by atoms with Crippen LogP contribution in [0.4, 0.5) is 11.4 Å². The maximum atomic E-state index is 12.4. The number of anilines is 2. The van der Waals surface area contributed by atoms with Crippen LogP contribution in [0.1, 0.15) is 52.6 Å². The standard InChI is InChI=1S/C29H22N2O6/c32-26(20-7-3-1-4-8-20)30-24-13-11-18(16-22(24)28(34)35)15-19-12-14-25(23(17-19)29(36)37)31-27(33)21-9-5-2-6-10-21/h1-14,16-17H,15H2,(H,30,32)(H,31,33)(H,34,35)(H,36,37)/p-2. The van der Waals surface area contributed by atoms with Crippen LogP contribution >= 0.6 is 0 Å². The van der Waals surface area contributed by atoms with E-state index in [1.165, 1.54) is 24.3 Å². The molecule has 184 valence electrons. The first-order chi connectivity index (χ1) is 17.8. The van der Waals surface area contributed by atoms with Gasteiger partial charge in [-0.25, -0.2) is 0 Å². The number of benzene rings is 4. The molecule has 0 aromatic heterocycles. The summed E-state index contributed by atoms with van der Waals surface area (Å²) in [5.41, 5.74) is 1.54. The van der Waals surface area contributed by atoms with E-state index in [-0.39, 0.29) is 28.9 Å². The van der Waals surface area contributed by atoms with E-state index in [9.17, 15) is 29.4 Å². The molecule has 0 fully saturated rings. The zero-order valence-electron chi connectivity index (χ0n) is 19.4. The van der Waals surface area contributed by atoms with Crippen LogP contribution < -0.4 is 20.8 Å². The zero-order chi connectivity index (χ0) is 26.4. The fourth-order valence-electron chi connectivity index (χ4n) is 3.76. The number of amides is 2. The van der Waals surface area contributed by atoms with E-state index in [1.807, 2.05) is 0 Å². The molecule has 0 bridgehead atoms. The van der Waals surface area contributed by atoms with Gasteiger partial charge in [-0.05, 0) is 66.1 Å². The van der Waals surface area contributed by atoms with Gasteiger partial charge in [-0.2, -0.15) is 0 Å². The van der Waals surface area contributed by atoms with Crippen molar-refractivity contribution >= 4 is 35.1 Å². The van der Waals surface area contributed by atoms with Crippen LogP contribution in [0.2, 0.25) is 0 Å². The first-order valence-corrected chi connectivity index (χ1v) is 11.2. The molecule has 2 amide bonds. The first kappa shape index (κ1) is 24.9. The van der Waals surface area contributed by atoms with Crippen LogP contribution in [0, 0.1) is 0 Å². The summed E-state index contributed by atoms with van der Waals surface area (Å²) in [6, 6.07) is 25.6. The molecule has 0 atom stereocenters. The number of carboxylic acids is 2. The van der Waals surface area contributed by atoms with Gasteiger partial charge in [0.25, 0.3) is 11.8 Å². The predicted molar refractivity (Wildman–Crippen MR) is 133 cm³/mol. The van der Waals surface area contributed by atoms with Crippen molar-refractivity contribution in [1.82, 2.24) is 0 Å². The van der Waals surface area contributed by atoms with Crippen LogP contribution in [0.25, 0.3) is 0 Å². The van der Waals surface area contributed by atoms with Gasteiger partial charge in [0.05, 0.1) is 23.3 Å². The topological polar surface area (TPSA) is 138 Å². The number of carboxylic acid groups (broad SMARTS) is 2. The fraction of sp³-hybridized carbons (Fsp3) is 0.0345. The molecule has 0 saturated heterocycles. The molecule has 0 unspecified atom stereocenters. The van der Waals surface area contributed by atoms with Crippen molar-refractivity contribution in [1.29, 1.82) is 0 Å². The van der Waals surface area contributed by atoms with Gasteiger partial charge >= 0.3 is 0 Å². The average molecular weight is 492 g/mol. The Morgan fingerprint density at radius 2 is 0.919 bits per heavy atom. The van der Waals surface area contributed by atoms with E-state index >= 15 is 0 Å². The molecular formula is C29H20N2O6-2. The normalized spacial score (nSPS) is 10.4. The lowest BCUT2D eigenvalue weighted by molar-refractivity contribution is -0.256. The summed E-state index contributed by atoms with van der Waals surface area (Å²) in [4.78, 5) is 48.4. The Bertz CT molecular complexity index is 1370. The van der Waals surface area contributed by atoms with Gasteiger partial charge in [0, 0.05) is 22.3 Å². The number of aromatic carboxylic acids is 2. The van der Waals surface area contributed by atoms with Crippen LogP contribution in [0.5, 0.6) is 0 Å². The Labute approximate surface area is 212 Å². The molecule has 0 saturated carbocycles. The summed E-state index contributed by atoms with van der Waals surface area (Å²) >= 11 is 0. The van der Waals surface area contributed by atoms with E-state index in [1.54, 1.807) is 72.8 Å². The summed E-state index contributed by atoms with van der Waals surface area (Å²) in [5, 5.41) is 28.7. The Morgan fingerprint density at radius 1 is 0.541 bits per heavy atom. The maximum absolute atomic E-state index is 12.4. The van der Waals surface area contributed by atoms with Crippen molar-refractivity contribution in [2.24, 2.45) is 0 Å². The Morgan fingerprint density at radius 3 is 1.27 bits per heavy atom. The average Bonchev–Trinajstić information content (AvgIpc) is 2.91. The second kappa shape index (κ2) is 11.0. The number of nitrogens with one attached hydrogen (secondary N) is 2. The van der Waals surface area contributed by atoms with E-state index < -0.39 is 23.8 Å². The third-order valence-corrected chi connectivity index (χ3v) is 5.58. The lowest BCUT2D eigenvalue weighted by Crippen LogP contribution is -2.25. The third-order valence-electron chi connectivity index (χ3n) is 5.58. The third kappa shape index (κ3) is 6.07. The van der Waals surface area contributed by atoms with Gasteiger partial charge in [0.1, 0.15) is 0 Å². The van der Waals surface area contributed by atoms with E-state index in [0.29, 0.717) is 22.3 Å².